The minimum atomic E-state index is -0.495. The SMILES string of the molecule is CC(C)(C)OC(=O)NCCN1CC(CS)CC1=O. The molecule has 0 aromatic rings. The van der Waals surface area contributed by atoms with E-state index in [1.165, 1.54) is 0 Å². The van der Waals surface area contributed by atoms with Crippen molar-refractivity contribution in [2.24, 2.45) is 5.92 Å². The predicted molar refractivity (Wildman–Crippen MR) is 72.8 cm³/mol. The third-order valence-electron chi connectivity index (χ3n) is 2.60. The molecule has 1 unspecified atom stereocenters. The number of carbonyl (C=O) groups is 2. The van der Waals surface area contributed by atoms with Crippen molar-refractivity contribution in [3.05, 3.63) is 0 Å². The predicted octanol–water partition coefficient (Wildman–Crippen LogP) is 1.29. The molecule has 1 fully saturated rings. The first kappa shape index (κ1) is 15.1. The van der Waals surface area contributed by atoms with E-state index in [2.05, 4.69) is 17.9 Å². The van der Waals surface area contributed by atoms with Crippen LogP contribution in [0.5, 0.6) is 0 Å². The summed E-state index contributed by atoms with van der Waals surface area (Å²) in [5.41, 5.74) is -0.495. The molecule has 1 N–H and O–H groups in total. The van der Waals surface area contributed by atoms with Gasteiger partial charge in [-0.1, -0.05) is 0 Å². The van der Waals surface area contributed by atoms with Crippen molar-refractivity contribution in [2.75, 3.05) is 25.4 Å². The Morgan fingerprint density at radius 3 is 2.72 bits per heavy atom. The summed E-state index contributed by atoms with van der Waals surface area (Å²) in [5.74, 6) is 1.20. The number of hydrogen-bond acceptors (Lipinski definition) is 4. The normalized spacial score (nSPS) is 20.1. The van der Waals surface area contributed by atoms with Gasteiger partial charge in [0, 0.05) is 26.1 Å². The number of amides is 2. The molecular formula is C12H22N2O3S. The van der Waals surface area contributed by atoms with Gasteiger partial charge in [-0.3, -0.25) is 4.79 Å². The van der Waals surface area contributed by atoms with Gasteiger partial charge in [0.2, 0.25) is 5.91 Å². The zero-order valence-corrected chi connectivity index (χ0v) is 12.1. The lowest BCUT2D eigenvalue weighted by molar-refractivity contribution is -0.127. The van der Waals surface area contributed by atoms with Crippen molar-refractivity contribution in [3.63, 3.8) is 0 Å². The maximum Gasteiger partial charge on any atom is 0.407 e. The van der Waals surface area contributed by atoms with Crippen LogP contribution in [0.3, 0.4) is 0 Å². The second-order valence-corrected chi connectivity index (χ2v) is 5.89. The van der Waals surface area contributed by atoms with Crippen LogP contribution in [-0.4, -0.2) is 47.9 Å². The number of alkyl carbamates (subject to hydrolysis) is 1. The number of rotatable bonds is 4. The van der Waals surface area contributed by atoms with Gasteiger partial charge >= 0.3 is 6.09 Å². The van der Waals surface area contributed by atoms with Gasteiger partial charge < -0.3 is 15.0 Å². The molecule has 0 saturated carbocycles. The Hall–Kier alpha value is -0.910. The summed E-state index contributed by atoms with van der Waals surface area (Å²) in [6.07, 6.45) is 0.121. The molecule has 5 nitrogen and oxygen atoms in total. The molecule has 0 bridgehead atoms. The number of nitrogens with zero attached hydrogens (tertiary/aromatic N) is 1. The van der Waals surface area contributed by atoms with Gasteiger partial charge in [0.1, 0.15) is 5.60 Å². The van der Waals surface area contributed by atoms with Gasteiger partial charge in [-0.15, -0.1) is 0 Å². The standard InChI is InChI=1S/C12H22N2O3S/c1-12(2,3)17-11(16)13-4-5-14-7-9(8-18)6-10(14)15/h9,18H,4-8H2,1-3H3,(H,13,16). The highest BCUT2D eigenvalue weighted by molar-refractivity contribution is 7.80. The maximum absolute atomic E-state index is 11.6. The highest BCUT2D eigenvalue weighted by Crippen LogP contribution is 2.17. The van der Waals surface area contributed by atoms with Gasteiger partial charge in [-0.05, 0) is 32.4 Å². The van der Waals surface area contributed by atoms with E-state index >= 15 is 0 Å². The van der Waals surface area contributed by atoms with Gasteiger partial charge in [-0.25, -0.2) is 4.79 Å². The summed E-state index contributed by atoms with van der Waals surface area (Å²) in [6, 6.07) is 0. The van der Waals surface area contributed by atoms with E-state index < -0.39 is 11.7 Å². The fourth-order valence-corrected chi connectivity index (χ4v) is 2.04. The quantitative estimate of drug-likeness (QED) is 0.760. The Kier molecular flexibility index (Phi) is 5.31. The van der Waals surface area contributed by atoms with Crippen LogP contribution in [0.1, 0.15) is 27.2 Å². The molecule has 1 atom stereocenters. The molecule has 1 heterocycles. The lowest BCUT2D eigenvalue weighted by Crippen LogP contribution is -2.38. The smallest absolute Gasteiger partial charge is 0.407 e. The number of likely N-dealkylation sites (tertiary alicyclic amines) is 1. The molecule has 1 aliphatic rings. The second kappa shape index (κ2) is 6.31. The molecule has 104 valence electrons. The van der Waals surface area contributed by atoms with Crippen LogP contribution in [0.15, 0.2) is 0 Å². The lowest BCUT2D eigenvalue weighted by Gasteiger charge is -2.21. The van der Waals surface area contributed by atoms with Gasteiger partial charge in [0.15, 0.2) is 0 Å². The van der Waals surface area contributed by atoms with Crippen LogP contribution >= 0.6 is 12.6 Å². The molecule has 0 aliphatic carbocycles. The first-order chi connectivity index (χ1) is 8.31. The largest absolute Gasteiger partial charge is 0.444 e. The highest BCUT2D eigenvalue weighted by atomic mass is 32.1. The van der Waals surface area contributed by atoms with Crippen molar-refractivity contribution in [1.29, 1.82) is 0 Å². The number of nitrogens with one attached hydrogen (secondary N) is 1. The zero-order chi connectivity index (χ0) is 13.8. The van der Waals surface area contributed by atoms with Gasteiger partial charge in [-0.2, -0.15) is 12.6 Å². The summed E-state index contributed by atoms with van der Waals surface area (Å²) in [5, 5.41) is 2.65. The monoisotopic (exact) mass is 274 g/mol. The van der Waals surface area contributed by atoms with Gasteiger partial charge in [0.25, 0.3) is 0 Å². The molecule has 2 amide bonds. The number of carbonyl (C=O) groups excluding carboxylic acids is 2. The number of thiol groups is 1. The van der Waals surface area contributed by atoms with Crippen LogP contribution in [0.25, 0.3) is 0 Å². The van der Waals surface area contributed by atoms with Crippen molar-refractivity contribution >= 4 is 24.6 Å². The summed E-state index contributed by atoms with van der Waals surface area (Å²) >= 11 is 4.20. The third-order valence-corrected chi connectivity index (χ3v) is 3.12. The molecule has 0 radical (unpaired) electrons. The fourth-order valence-electron chi connectivity index (χ4n) is 1.80. The summed E-state index contributed by atoms with van der Waals surface area (Å²) in [7, 11) is 0. The molecular weight excluding hydrogens is 252 g/mol. The Balaban J connectivity index is 2.22. The molecule has 0 aromatic carbocycles. The minimum absolute atomic E-state index is 0.139. The topological polar surface area (TPSA) is 58.6 Å². The van der Waals surface area contributed by atoms with E-state index in [0.29, 0.717) is 25.4 Å². The van der Waals surface area contributed by atoms with Crippen LogP contribution < -0.4 is 5.32 Å². The summed E-state index contributed by atoms with van der Waals surface area (Å²) in [6.45, 7) is 7.12. The van der Waals surface area contributed by atoms with E-state index in [-0.39, 0.29) is 5.91 Å². The molecule has 1 rings (SSSR count). The fraction of sp³-hybridized carbons (Fsp3) is 0.833. The molecule has 1 saturated heterocycles. The second-order valence-electron chi connectivity index (χ2n) is 5.52. The Bertz CT molecular complexity index is 315. The first-order valence-electron chi connectivity index (χ1n) is 6.17. The van der Waals surface area contributed by atoms with Crippen LogP contribution in [-0.2, 0) is 9.53 Å². The van der Waals surface area contributed by atoms with Crippen molar-refractivity contribution in [1.82, 2.24) is 10.2 Å². The minimum Gasteiger partial charge on any atom is -0.444 e. The van der Waals surface area contributed by atoms with E-state index in [0.717, 1.165) is 12.3 Å². The third kappa shape index (κ3) is 5.16. The Labute approximate surface area is 114 Å². The van der Waals surface area contributed by atoms with Crippen molar-refractivity contribution < 1.29 is 14.3 Å². The van der Waals surface area contributed by atoms with Gasteiger partial charge in [0.05, 0.1) is 0 Å². The van der Waals surface area contributed by atoms with Crippen LogP contribution in [0.2, 0.25) is 0 Å². The average Bonchev–Trinajstić information content (AvgIpc) is 2.57. The summed E-state index contributed by atoms with van der Waals surface area (Å²) < 4.78 is 5.11. The molecule has 1 aliphatic heterocycles. The van der Waals surface area contributed by atoms with Crippen molar-refractivity contribution in [3.8, 4) is 0 Å². The molecule has 6 heteroatoms. The molecule has 0 spiro atoms. The van der Waals surface area contributed by atoms with Crippen LogP contribution in [0.4, 0.5) is 4.79 Å². The van der Waals surface area contributed by atoms with E-state index in [1.807, 2.05) is 20.8 Å². The summed E-state index contributed by atoms with van der Waals surface area (Å²) in [4.78, 5) is 24.7. The number of hydrogen-bond donors (Lipinski definition) is 2. The Morgan fingerprint density at radius 2 is 2.22 bits per heavy atom. The average molecular weight is 274 g/mol. The van der Waals surface area contributed by atoms with Crippen LogP contribution in [0, 0.1) is 5.92 Å². The lowest BCUT2D eigenvalue weighted by atomic mass is 10.1. The molecule has 0 aromatic heterocycles. The first-order valence-corrected chi connectivity index (χ1v) is 6.80. The van der Waals surface area contributed by atoms with Crippen molar-refractivity contribution in [2.45, 2.75) is 32.8 Å². The zero-order valence-electron chi connectivity index (χ0n) is 11.2. The van der Waals surface area contributed by atoms with E-state index in [4.69, 9.17) is 4.74 Å². The highest BCUT2D eigenvalue weighted by Gasteiger charge is 2.28. The Morgan fingerprint density at radius 1 is 1.56 bits per heavy atom. The molecule has 18 heavy (non-hydrogen) atoms. The maximum atomic E-state index is 11.6. The van der Waals surface area contributed by atoms with E-state index in [9.17, 15) is 9.59 Å². The van der Waals surface area contributed by atoms with E-state index in [1.54, 1.807) is 4.90 Å². The number of ether oxygens (including phenoxy) is 1.